The van der Waals surface area contributed by atoms with Crippen molar-refractivity contribution in [3.8, 4) is 11.3 Å². The minimum atomic E-state index is -0.0243. The lowest BCUT2D eigenvalue weighted by Gasteiger charge is -2.16. The number of rotatable bonds is 4. The summed E-state index contributed by atoms with van der Waals surface area (Å²) in [5, 5.41) is 3.62. The highest BCUT2D eigenvalue weighted by atomic mass is 79.9. The zero-order valence-electron chi connectivity index (χ0n) is 13.4. The highest BCUT2D eigenvalue weighted by molar-refractivity contribution is 9.10. The number of amides is 1. The summed E-state index contributed by atoms with van der Waals surface area (Å²) in [7, 11) is 0. The van der Waals surface area contributed by atoms with Crippen molar-refractivity contribution in [2.75, 3.05) is 5.32 Å². The second-order valence-electron chi connectivity index (χ2n) is 6.44. The SMILES string of the molecule is CCc1sc(NC(=O)CC(C)(C)C)nc1-c1ccc(Br)cc1. The molecule has 3 nitrogen and oxygen atoms in total. The number of hydrogen-bond donors (Lipinski definition) is 1. The van der Waals surface area contributed by atoms with Gasteiger partial charge in [0.15, 0.2) is 5.13 Å². The molecule has 0 unspecified atom stereocenters. The molecule has 0 aliphatic heterocycles. The van der Waals surface area contributed by atoms with Gasteiger partial charge in [-0.2, -0.15) is 0 Å². The molecule has 5 heteroatoms. The van der Waals surface area contributed by atoms with Crippen molar-refractivity contribution in [3.63, 3.8) is 0 Å². The number of halogens is 1. The van der Waals surface area contributed by atoms with Gasteiger partial charge in [0.1, 0.15) is 0 Å². The third kappa shape index (κ3) is 4.65. The molecule has 2 aromatic rings. The van der Waals surface area contributed by atoms with E-state index in [1.165, 1.54) is 4.88 Å². The van der Waals surface area contributed by atoms with E-state index in [-0.39, 0.29) is 11.3 Å². The van der Waals surface area contributed by atoms with E-state index in [4.69, 9.17) is 0 Å². The zero-order valence-corrected chi connectivity index (χ0v) is 15.8. The Morgan fingerprint density at radius 1 is 1.27 bits per heavy atom. The second kappa shape index (κ2) is 6.92. The Kier molecular flexibility index (Phi) is 5.40. The van der Waals surface area contributed by atoms with Crippen molar-refractivity contribution >= 4 is 38.3 Å². The summed E-state index contributed by atoms with van der Waals surface area (Å²) in [6.45, 7) is 8.27. The summed E-state index contributed by atoms with van der Waals surface area (Å²) < 4.78 is 1.04. The topological polar surface area (TPSA) is 42.0 Å². The lowest BCUT2D eigenvalue weighted by Crippen LogP contribution is -2.19. The molecule has 22 heavy (non-hydrogen) atoms. The first-order valence-electron chi connectivity index (χ1n) is 7.34. The molecule has 2 rings (SSSR count). The van der Waals surface area contributed by atoms with Crippen molar-refractivity contribution in [2.45, 2.75) is 40.5 Å². The number of hydrogen-bond acceptors (Lipinski definition) is 3. The fourth-order valence-electron chi connectivity index (χ4n) is 2.12. The van der Waals surface area contributed by atoms with Gasteiger partial charge in [0.25, 0.3) is 0 Å². The van der Waals surface area contributed by atoms with Gasteiger partial charge >= 0.3 is 0 Å². The van der Waals surface area contributed by atoms with Crippen LogP contribution >= 0.6 is 27.3 Å². The molecule has 0 atom stereocenters. The van der Waals surface area contributed by atoms with Gasteiger partial charge in [-0.1, -0.05) is 55.8 Å². The smallest absolute Gasteiger partial charge is 0.226 e. The minimum absolute atomic E-state index is 0.0197. The van der Waals surface area contributed by atoms with Gasteiger partial charge in [0.2, 0.25) is 5.91 Å². The van der Waals surface area contributed by atoms with Crippen LogP contribution in [0.5, 0.6) is 0 Å². The van der Waals surface area contributed by atoms with Gasteiger partial charge < -0.3 is 5.32 Å². The number of nitrogens with one attached hydrogen (secondary N) is 1. The van der Waals surface area contributed by atoms with Crippen LogP contribution in [-0.4, -0.2) is 10.9 Å². The van der Waals surface area contributed by atoms with Gasteiger partial charge in [-0.15, -0.1) is 11.3 Å². The van der Waals surface area contributed by atoms with Crippen LogP contribution in [0, 0.1) is 5.41 Å². The fourth-order valence-corrected chi connectivity index (χ4v) is 3.33. The Balaban J connectivity index is 2.22. The highest BCUT2D eigenvalue weighted by Crippen LogP contribution is 2.32. The Labute approximate surface area is 144 Å². The first kappa shape index (κ1) is 17.2. The first-order chi connectivity index (χ1) is 10.3. The maximum atomic E-state index is 12.1. The van der Waals surface area contributed by atoms with E-state index < -0.39 is 0 Å². The van der Waals surface area contributed by atoms with Crippen LogP contribution in [0.15, 0.2) is 28.7 Å². The average Bonchev–Trinajstić information content (AvgIpc) is 2.80. The standard InChI is InChI=1S/C17H21BrN2OS/c1-5-13-15(11-6-8-12(18)9-7-11)20-16(22-13)19-14(21)10-17(2,3)4/h6-9H,5,10H2,1-4H3,(H,19,20,21). The summed E-state index contributed by atoms with van der Waals surface area (Å²) >= 11 is 5.00. The molecule has 0 aliphatic rings. The lowest BCUT2D eigenvalue weighted by atomic mass is 9.92. The number of benzene rings is 1. The molecule has 1 amide bonds. The third-order valence-electron chi connectivity index (χ3n) is 3.07. The Hall–Kier alpha value is -1.20. The molecule has 1 aromatic heterocycles. The van der Waals surface area contributed by atoms with E-state index in [1.807, 2.05) is 24.3 Å². The maximum absolute atomic E-state index is 12.1. The molecule has 1 heterocycles. The molecule has 0 bridgehead atoms. The van der Waals surface area contributed by atoms with Gasteiger partial charge in [0, 0.05) is 21.3 Å². The summed E-state index contributed by atoms with van der Waals surface area (Å²) in [6, 6.07) is 8.09. The molecule has 0 saturated heterocycles. The predicted octanol–water partition coefficient (Wildman–Crippen LogP) is 5.51. The third-order valence-corrected chi connectivity index (χ3v) is 4.72. The number of aryl methyl sites for hydroxylation is 1. The lowest BCUT2D eigenvalue weighted by molar-refractivity contribution is -0.117. The largest absolute Gasteiger partial charge is 0.302 e. The molecular formula is C17H21BrN2OS. The van der Waals surface area contributed by atoms with Crippen LogP contribution in [0.4, 0.5) is 5.13 Å². The summed E-state index contributed by atoms with van der Waals surface area (Å²) in [5.74, 6) is 0.0197. The highest BCUT2D eigenvalue weighted by Gasteiger charge is 2.18. The summed E-state index contributed by atoms with van der Waals surface area (Å²) in [5.41, 5.74) is 2.02. The minimum Gasteiger partial charge on any atom is -0.302 e. The van der Waals surface area contributed by atoms with Crippen molar-refractivity contribution in [1.82, 2.24) is 4.98 Å². The number of aromatic nitrogens is 1. The number of carbonyl (C=O) groups excluding carboxylic acids is 1. The number of thiazole rings is 1. The fraction of sp³-hybridized carbons (Fsp3) is 0.412. The van der Waals surface area contributed by atoms with E-state index in [9.17, 15) is 4.79 Å². The summed E-state index contributed by atoms with van der Waals surface area (Å²) in [6.07, 6.45) is 1.39. The number of carbonyl (C=O) groups is 1. The van der Waals surface area contributed by atoms with Crippen molar-refractivity contribution in [3.05, 3.63) is 33.6 Å². The maximum Gasteiger partial charge on any atom is 0.226 e. The molecule has 0 saturated carbocycles. The van der Waals surface area contributed by atoms with Crippen LogP contribution in [-0.2, 0) is 11.2 Å². The molecule has 118 valence electrons. The van der Waals surface area contributed by atoms with Crippen LogP contribution in [0.1, 0.15) is 39.0 Å². The Morgan fingerprint density at radius 2 is 1.91 bits per heavy atom. The molecule has 0 radical (unpaired) electrons. The zero-order chi connectivity index (χ0) is 16.3. The van der Waals surface area contributed by atoms with E-state index in [2.05, 4.69) is 53.9 Å². The monoisotopic (exact) mass is 380 g/mol. The van der Waals surface area contributed by atoms with Crippen LogP contribution in [0.2, 0.25) is 0 Å². The predicted molar refractivity (Wildman–Crippen MR) is 97.3 cm³/mol. The second-order valence-corrected chi connectivity index (χ2v) is 8.44. The van der Waals surface area contributed by atoms with Gasteiger partial charge in [-0.25, -0.2) is 4.98 Å². The van der Waals surface area contributed by atoms with E-state index in [1.54, 1.807) is 11.3 Å². The van der Waals surface area contributed by atoms with E-state index in [0.717, 1.165) is 22.2 Å². The molecule has 1 N–H and O–H groups in total. The van der Waals surface area contributed by atoms with Gasteiger partial charge in [0.05, 0.1) is 5.69 Å². The summed E-state index contributed by atoms with van der Waals surface area (Å²) in [4.78, 5) is 17.9. The normalized spacial score (nSPS) is 11.5. The average molecular weight is 381 g/mol. The molecule has 0 fully saturated rings. The Morgan fingerprint density at radius 3 is 2.45 bits per heavy atom. The van der Waals surface area contributed by atoms with Crippen LogP contribution < -0.4 is 5.32 Å². The van der Waals surface area contributed by atoms with Crippen molar-refractivity contribution in [1.29, 1.82) is 0 Å². The molecular weight excluding hydrogens is 360 g/mol. The molecule has 0 spiro atoms. The van der Waals surface area contributed by atoms with Crippen LogP contribution in [0.25, 0.3) is 11.3 Å². The van der Waals surface area contributed by atoms with Crippen LogP contribution in [0.3, 0.4) is 0 Å². The van der Waals surface area contributed by atoms with Crippen molar-refractivity contribution in [2.24, 2.45) is 5.41 Å². The quantitative estimate of drug-likeness (QED) is 0.759. The molecule has 0 aliphatic carbocycles. The van der Waals surface area contributed by atoms with Gasteiger partial charge in [-0.05, 0) is 24.0 Å². The van der Waals surface area contributed by atoms with Gasteiger partial charge in [-0.3, -0.25) is 4.79 Å². The Bertz CT molecular complexity index is 656. The number of nitrogens with zero attached hydrogens (tertiary/aromatic N) is 1. The van der Waals surface area contributed by atoms with E-state index in [0.29, 0.717) is 11.6 Å². The van der Waals surface area contributed by atoms with Crippen molar-refractivity contribution < 1.29 is 4.79 Å². The van der Waals surface area contributed by atoms with E-state index >= 15 is 0 Å². The molecule has 1 aromatic carbocycles. The number of anilines is 1. The first-order valence-corrected chi connectivity index (χ1v) is 8.95.